The van der Waals surface area contributed by atoms with Crippen molar-refractivity contribution in [1.82, 2.24) is 29.7 Å². The molecule has 0 bridgehead atoms. The predicted molar refractivity (Wildman–Crippen MR) is 109 cm³/mol. The highest BCUT2D eigenvalue weighted by Crippen LogP contribution is 2.28. The number of benzene rings is 1. The number of nitrogens with one attached hydrogen (secondary N) is 3. The Labute approximate surface area is 171 Å². The van der Waals surface area contributed by atoms with E-state index in [1.165, 1.54) is 23.0 Å². The first kappa shape index (κ1) is 19.0. The zero-order chi connectivity index (χ0) is 20.5. The molecule has 0 saturated carbocycles. The van der Waals surface area contributed by atoms with Gasteiger partial charge in [-0.25, -0.2) is 9.78 Å². The average molecular weight is 432 g/mol. The molecule has 3 N–H and O–H groups in total. The van der Waals surface area contributed by atoms with Crippen LogP contribution in [-0.2, 0) is 18.3 Å². The van der Waals surface area contributed by atoms with Crippen LogP contribution in [0.3, 0.4) is 0 Å². The molecule has 12 heteroatoms. The van der Waals surface area contributed by atoms with Gasteiger partial charge in [-0.15, -0.1) is 10.2 Å². The number of amides is 1. The fourth-order valence-electron chi connectivity index (χ4n) is 2.70. The van der Waals surface area contributed by atoms with Gasteiger partial charge < -0.3 is 10.3 Å². The number of rotatable bonds is 5. The van der Waals surface area contributed by atoms with Gasteiger partial charge >= 0.3 is 5.69 Å². The van der Waals surface area contributed by atoms with Gasteiger partial charge in [0.15, 0.2) is 5.65 Å². The first-order valence-electron chi connectivity index (χ1n) is 8.48. The molecule has 0 atom stereocenters. The number of halogens is 1. The molecule has 0 spiro atoms. The number of imidazole rings is 1. The first-order chi connectivity index (χ1) is 13.9. The van der Waals surface area contributed by atoms with E-state index in [4.69, 9.17) is 11.6 Å². The zero-order valence-electron chi connectivity index (χ0n) is 15.0. The summed E-state index contributed by atoms with van der Waals surface area (Å²) >= 11 is 7.21. The second-order valence-corrected chi connectivity index (χ2v) is 7.59. The molecule has 1 amide bonds. The Balaban J connectivity index is 1.43. The number of aryl methyl sites for hydroxylation is 2. The third-order valence-corrected chi connectivity index (χ3v) is 5.26. The minimum atomic E-state index is -0.551. The molecule has 4 rings (SSSR count). The lowest BCUT2D eigenvalue weighted by molar-refractivity contribution is -0.116. The number of carbonyl (C=O) groups excluding carboxylic acids is 1. The molecule has 0 radical (unpaired) electrons. The molecular weight excluding hydrogens is 418 g/mol. The van der Waals surface area contributed by atoms with Gasteiger partial charge in [-0.05, 0) is 12.1 Å². The summed E-state index contributed by atoms with van der Waals surface area (Å²) in [5.74, 6) is 0.153. The summed E-state index contributed by atoms with van der Waals surface area (Å²) in [6, 6.07) is 7.20. The fraction of sp³-hybridized carbons (Fsp3) is 0.176. The Hall–Kier alpha value is -3.31. The summed E-state index contributed by atoms with van der Waals surface area (Å²) in [5, 5.41) is 12.3. The van der Waals surface area contributed by atoms with Gasteiger partial charge in [0, 0.05) is 30.5 Å². The minimum absolute atomic E-state index is 0.109. The average Bonchev–Trinajstić information content (AvgIpc) is 3.32. The summed E-state index contributed by atoms with van der Waals surface area (Å²) < 4.78 is 1.23. The molecule has 0 aliphatic heterocycles. The van der Waals surface area contributed by atoms with Gasteiger partial charge in [0.2, 0.25) is 11.0 Å². The van der Waals surface area contributed by atoms with Crippen molar-refractivity contribution in [3.05, 3.63) is 56.0 Å². The van der Waals surface area contributed by atoms with Crippen LogP contribution in [0.4, 0.5) is 5.13 Å². The molecule has 4 aromatic rings. The fourth-order valence-corrected chi connectivity index (χ4v) is 3.64. The van der Waals surface area contributed by atoms with E-state index in [0.29, 0.717) is 21.0 Å². The van der Waals surface area contributed by atoms with E-state index in [-0.39, 0.29) is 29.9 Å². The molecule has 0 unspecified atom stereocenters. The lowest BCUT2D eigenvalue weighted by atomic mass is 10.2. The summed E-state index contributed by atoms with van der Waals surface area (Å²) in [6.45, 7) is 0. The smallest absolute Gasteiger partial charge is 0.329 e. The Kier molecular flexibility index (Phi) is 4.99. The number of aromatic amines is 2. The lowest BCUT2D eigenvalue weighted by Gasteiger charge is -1.99. The van der Waals surface area contributed by atoms with Gasteiger partial charge in [0.05, 0.1) is 0 Å². The molecule has 1 aromatic carbocycles. The summed E-state index contributed by atoms with van der Waals surface area (Å²) in [7, 11) is 1.50. The Morgan fingerprint density at radius 1 is 1.28 bits per heavy atom. The van der Waals surface area contributed by atoms with Gasteiger partial charge in [0.25, 0.3) is 5.56 Å². The highest BCUT2D eigenvalue weighted by atomic mass is 35.5. The number of hydrogen-bond acceptors (Lipinski definition) is 7. The maximum atomic E-state index is 12.2. The van der Waals surface area contributed by atoms with Crippen LogP contribution in [0.25, 0.3) is 21.7 Å². The number of nitrogens with zero attached hydrogens (tertiary/aromatic N) is 4. The van der Waals surface area contributed by atoms with E-state index in [2.05, 4.69) is 30.5 Å². The van der Waals surface area contributed by atoms with Crippen LogP contribution in [0.2, 0.25) is 5.02 Å². The highest BCUT2D eigenvalue weighted by Gasteiger charge is 2.13. The second kappa shape index (κ2) is 7.60. The highest BCUT2D eigenvalue weighted by molar-refractivity contribution is 7.18. The van der Waals surface area contributed by atoms with Crippen LogP contribution in [0, 0.1) is 0 Å². The monoisotopic (exact) mass is 431 g/mol. The molecule has 29 heavy (non-hydrogen) atoms. The maximum Gasteiger partial charge on any atom is 0.329 e. The van der Waals surface area contributed by atoms with E-state index in [1.807, 2.05) is 12.1 Å². The lowest BCUT2D eigenvalue weighted by Crippen LogP contribution is -2.28. The molecular formula is C17H14ClN7O3S. The maximum absolute atomic E-state index is 12.2. The molecule has 148 valence electrons. The molecule has 0 saturated heterocycles. The van der Waals surface area contributed by atoms with Crippen LogP contribution < -0.4 is 16.6 Å². The number of carbonyl (C=O) groups is 1. The minimum Gasteiger partial charge on any atom is -0.336 e. The number of anilines is 1. The number of aromatic nitrogens is 6. The molecule has 0 aliphatic rings. The van der Waals surface area contributed by atoms with Crippen molar-refractivity contribution in [3.8, 4) is 10.6 Å². The molecule has 3 aromatic heterocycles. The van der Waals surface area contributed by atoms with Crippen LogP contribution in [0.5, 0.6) is 0 Å². The van der Waals surface area contributed by atoms with Gasteiger partial charge in [0.1, 0.15) is 16.3 Å². The first-order valence-corrected chi connectivity index (χ1v) is 9.67. The standard InChI is InChI=1S/C17H14ClN7O3S/c1-25-13-12(14(27)22-17(25)28)19-10(20-13)5-6-11(26)21-16-24-23-15(29-16)8-3-2-4-9(18)7-8/h2-4,7H,5-6H2,1H3,(H,19,20)(H,21,24,26)(H,22,27,28). The van der Waals surface area contributed by atoms with Crippen molar-refractivity contribution >= 4 is 45.1 Å². The van der Waals surface area contributed by atoms with Gasteiger partial charge in [-0.2, -0.15) is 0 Å². The van der Waals surface area contributed by atoms with Crippen LogP contribution in [-0.4, -0.2) is 35.6 Å². The van der Waals surface area contributed by atoms with Crippen LogP contribution in [0.1, 0.15) is 12.2 Å². The van der Waals surface area contributed by atoms with Gasteiger partial charge in [-0.3, -0.25) is 19.1 Å². The second-order valence-electron chi connectivity index (χ2n) is 6.17. The van der Waals surface area contributed by atoms with Crippen LogP contribution >= 0.6 is 22.9 Å². The van der Waals surface area contributed by atoms with Crippen molar-refractivity contribution in [2.45, 2.75) is 12.8 Å². The van der Waals surface area contributed by atoms with Crippen molar-refractivity contribution in [2.75, 3.05) is 5.32 Å². The summed E-state index contributed by atoms with van der Waals surface area (Å²) in [5.41, 5.74) is 0.148. The molecule has 3 heterocycles. The van der Waals surface area contributed by atoms with E-state index in [0.717, 1.165) is 5.56 Å². The number of fused-ring (bicyclic) bond motifs is 1. The zero-order valence-corrected chi connectivity index (χ0v) is 16.6. The topological polar surface area (TPSA) is 138 Å². The normalized spacial score (nSPS) is 11.1. The Bertz CT molecular complexity index is 1340. The largest absolute Gasteiger partial charge is 0.336 e. The number of H-pyrrole nitrogens is 2. The number of hydrogen-bond donors (Lipinski definition) is 3. The van der Waals surface area contributed by atoms with Gasteiger partial charge in [-0.1, -0.05) is 35.1 Å². The Morgan fingerprint density at radius 3 is 2.90 bits per heavy atom. The van der Waals surface area contributed by atoms with E-state index >= 15 is 0 Å². The van der Waals surface area contributed by atoms with Crippen molar-refractivity contribution < 1.29 is 4.79 Å². The third kappa shape index (κ3) is 3.96. The van der Waals surface area contributed by atoms with Crippen LogP contribution in [0.15, 0.2) is 33.9 Å². The van der Waals surface area contributed by atoms with Crippen molar-refractivity contribution in [2.24, 2.45) is 7.05 Å². The molecule has 0 fully saturated rings. The molecule has 10 nitrogen and oxygen atoms in total. The SMILES string of the molecule is Cn1c(=O)[nH]c(=O)c2[nH]c(CCC(=O)Nc3nnc(-c4cccc(Cl)c4)s3)nc21. The Morgan fingerprint density at radius 2 is 2.10 bits per heavy atom. The van der Waals surface area contributed by atoms with E-state index in [1.54, 1.807) is 12.1 Å². The van der Waals surface area contributed by atoms with Crippen molar-refractivity contribution in [1.29, 1.82) is 0 Å². The molecule has 0 aliphatic carbocycles. The third-order valence-electron chi connectivity index (χ3n) is 4.14. The summed E-state index contributed by atoms with van der Waals surface area (Å²) in [4.78, 5) is 45.0. The van der Waals surface area contributed by atoms with E-state index in [9.17, 15) is 14.4 Å². The summed E-state index contributed by atoms with van der Waals surface area (Å²) in [6.07, 6.45) is 0.367. The van der Waals surface area contributed by atoms with E-state index < -0.39 is 11.2 Å². The van der Waals surface area contributed by atoms with Crippen molar-refractivity contribution in [3.63, 3.8) is 0 Å². The predicted octanol–water partition coefficient (Wildman–Crippen LogP) is 1.69. The quantitative estimate of drug-likeness (QED) is 0.439.